The van der Waals surface area contributed by atoms with Gasteiger partial charge in [-0.15, -0.1) is 0 Å². The fourth-order valence-electron chi connectivity index (χ4n) is 2.34. The van der Waals surface area contributed by atoms with E-state index >= 15 is 0 Å². The molecular formula is C22H19NO2. The van der Waals surface area contributed by atoms with E-state index in [0.29, 0.717) is 0 Å². The fourth-order valence-corrected chi connectivity index (χ4v) is 2.34. The van der Waals surface area contributed by atoms with Crippen LogP contribution in [0.25, 0.3) is 6.08 Å². The van der Waals surface area contributed by atoms with Crippen molar-refractivity contribution in [1.82, 2.24) is 0 Å². The highest BCUT2D eigenvalue weighted by molar-refractivity contribution is 6.01. The predicted octanol–water partition coefficient (Wildman–Crippen LogP) is 5.44. The smallest absolute Gasteiger partial charge is 0.248 e. The summed E-state index contributed by atoms with van der Waals surface area (Å²) in [5.41, 5.74) is 2.85. The second-order valence-corrected chi connectivity index (χ2v) is 5.68. The van der Waals surface area contributed by atoms with Crippen molar-refractivity contribution in [1.29, 1.82) is 0 Å². The van der Waals surface area contributed by atoms with Crippen molar-refractivity contribution >= 4 is 17.7 Å². The maximum atomic E-state index is 12.0. The second-order valence-electron chi connectivity index (χ2n) is 5.68. The molecule has 0 spiro atoms. The van der Waals surface area contributed by atoms with Crippen LogP contribution in [0.15, 0.2) is 84.9 Å². The molecule has 0 aliphatic heterocycles. The SMILES string of the molecule is Cc1cccc(Oc2ccc(NC(=O)/C=C/c3ccccc3)cc2)c1. The zero-order chi connectivity index (χ0) is 17.5. The van der Waals surface area contributed by atoms with E-state index in [4.69, 9.17) is 4.74 Å². The van der Waals surface area contributed by atoms with Crippen molar-refractivity contribution in [3.05, 3.63) is 96.1 Å². The Labute approximate surface area is 147 Å². The number of nitrogens with one attached hydrogen (secondary N) is 1. The summed E-state index contributed by atoms with van der Waals surface area (Å²) >= 11 is 0. The molecule has 0 aliphatic rings. The van der Waals surface area contributed by atoms with Crippen LogP contribution in [0.4, 0.5) is 5.69 Å². The second kappa shape index (κ2) is 7.97. The van der Waals surface area contributed by atoms with E-state index in [9.17, 15) is 4.79 Å². The average molecular weight is 329 g/mol. The minimum Gasteiger partial charge on any atom is -0.457 e. The Morgan fingerprint density at radius 2 is 1.64 bits per heavy atom. The molecule has 3 aromatic rings. The van der Waals surface area contributed by atoms with Gasteiger partial charge in [0.1, 0.15) is 11.5 Å². The highest BCUT2D eigenvalue weighted by Crippen LogP contribution is 2.23. The van der Waals surface area contributed by atoms with Gasteiger partial charge < -0.3 is 10.1 Å². The summed E-state index contributed by atoms with van der Waals surface area (Å²) in [6.45, 7) is 2.02. The normalized spacial score (nSPS) is 10.6. The Hall–Kier alpha value is -3.33. The Kier molecular flexibility index (Phi) is 5.27. The molecule has 3 nitrogen and oxygen atoms in total. The molecule has 1 N–H and O–H groups in total. The van der Waals surface area contributed by atoms with E-state index in [2.05, 4.69) is 5.32 Å². The van der Waals surface area contributed by atoms with Gasteiger partial charge in [-0.05, 0) is 60.5 Å². The average Bonchev–Trinajstić information content (AvgIpc) is 2.63. The highest BCUT2D eigenvalue weighted by atomic mass is 16.5. The molecule has 0 saturated heterocycles. The Morgan fingerprint density at radius 1 is 0.880 bits per heavy atom. The lowest BCUT2D eigenvalue weighted by Crippen LogP contribution is -2.07. The standard InChI is InChI=1S/C22H19NO2/c1-17-6-5-9-21(16-17)25-20-13-11-19(12-14-20)23-22(24)15-10-18-7-3-2-4-8-18/h2-16H,1H3,(H,23,24)/b15-10+. The molecule has 0 fully saturated rings. The zero-order valence-electron chi connectivity index (χ0n) is 14.0. The third-order valence-corrected chi connectivity index (χ3v) is 3.57. The molecule has 3 heteroatoms. The van der Waals surface area contributed by atoms with Crippen LogP contribution in [0.1, 0.15) is 11.1 Å². The number of benzene rings is 3. The van der Waals surface area contributed by atoms with E-state index < -0.39 is 0 Å². The van der Waals surface area contributed by atoms with Crippen LogP contribution in [0.2, 0.25) is 0 Å². The van der Waals surface area contributed by atoms with Gasteiger partial charge in [-0.1, -0.05) is 42.5 Å². The topological polar surface area (TPSA) is 38.3 Å². The molecule has 0 saturated carbocycles. The Bertz CT molecular complexity index is 868. The van der Waals surface area contributed by atoms with Crippen LogP contribution in [-0.2, 0) is 4.79 Å². The number of amides is 1. The van der Waals surface area contributed by atoms with Crippen LogP contribution >= 0.6 is 0 Å². The first kappa shape index (κ1) is 16.5. The summed E-state index contributed by atoms with van der Waals surface area (Å²) in [4.78, 5) is 12.0. The van der Waals surface area contributed by atoms with Crippen LogP contribution in [0.5, 0.6) is 11.5 Å². The van der Waals surface area contributed by atoms with Gasteiger partial charge in [0.05, 0.1) is 0 Å². The van der Waals surface area contributed by atoms with Crippen LogP contribution in [0.3, 0.4) is 0 Å². The first-order valence-electron chi connectivity index (χ1n) is 8.08. The maximum absolute atomic E-state index is 12.0. The first-order chi connectivity index (χ1) is 12.2. The Morgan fingerprint density at radius 3 is 2.36 bits per heavy atom. The minimum absolute atomic E-state index is 0.170. The monoisotopic (exact) mass is 329 g/mol. The van der Waals surface area contributed by atoms with E-state index in [1.807, 2.05) is 85.8 Å². The highest BCUT2D eigenvalue weighted by Gasteiger charge is 2.01. The molecule has 3 rings (SSSR count). The third kappa shape index (κ3) is 5.08. The van der Waals surface area contributed by atoms with Gasteiger partial charge in [0.15, 0.2) is 0 Å². The molecule has 0 radical (unpaired) electrons. The number of carbonyl (C=O) groups excluding carboxylic acids is 1. The predicted molar refractivity (Wildman–Crippen MR) is 102 cm³/mol. The molecule has 0 unspecified atom stereocenters. The molecule has 0 bridgehead atoms. The lowest BCUT2D eigenvalue weighted by Gasteiger charge is -2.08. The molecule has 0 heterocycles. The van der Waals surface area contributed by atoms with Gasteiger partial charge in [-0.2, -0.15) is 0 Å². The van der Waals surface area contributed by atoms with Crippen molar-refractivity contribution in [3.8, 4) is 11.5 Å². The number of rotatable bonds is 5. The molecule has 0 aromatic heterocycles. The van der Waals surface area contributed by atoms with Gasteiger partial charge >= 0.3 is 0 Å². The minimum atomic E-state index is -0.170. The molecule has 124 valence electrons. The summed E-state index contributed by atoms with van der Waals surface area (Å²) in [7, 11) is 0. The van der Waals surface area contributed by atoms with Crippen LogP contribution in [-0.4, -0.2) is 5.91 Å². The lowest BCUT2D eigenvalue weighted by atomic mass is 10.2. The number of hydrogen-bond acceptors (Lipinski definition) is 2. The molecular weight excluding hydrogens is 310 g/mol. The maximum Gasteiger partial charge on any atom is 0.248 e. The molecule has 1 amide bonds. The summed E-state index contributed by atoms with van der Waals surface area (Å²) in [6, 6.07) is 24.9. The third-order valence-electron chi connectivity index (χ3n) is 3.57. The van der Waals surface area contributed by atoms with Crippen molar-refractivity contribution in [3.63, 3.8) is 0 Å². The molecule has 3 aromatic carbocycles. The van der Waals surface area contributed by atoms with E-state index in [1.54, 1.807) is 6.08 Å². The van der Waals surface area contributed by atoms with Crippen molar-refractivity contribution < 1.29 is 9.53 Å². The fraction of sp³-hybridized carbons (Fsp3) is 0.0455. The number of anilines is 1. The van der Waals surface area contributed by atoms with Gasteiger partial charge in [-0.3, -0.25) is 4.79 Å². The summed E-state index contributed by atoms with van der Waals surface area (Å²) in [6.07, 6.45) is 3.30. The Balaban J connectivity index is 1.59. The van der Waals surface area contributed by atoms with Gasteiger partial charge in [-0.25, -0.2) is 0 Å². The molecule has 0 atom stereocenters. The van der Waals surface area contributed by atoms with Crippen molar-refractivity contribution in [2.45, 2.75) is 6.92 Å². The number of hydrogen-bond donors (Lipinski definition) is 1. The van der Waals surface area contributed by atoms with Gasteiger partial charge in [0.25, 0.3) is 0 Å². The number of ether oxygens (including phenoxy) is 1. The van der Waals surface area contributed by atoms with Gasteiger partial charge in [0, 0.05) is 11.8 Å². The largest absolute Gasteiger partial charge is 0.457 e. The quantitative estimate of drug-likeness (QED) is 0.633. The van der Waals surface area contributed by atoms with E-state index in [1.165, 1.54) is 6.08 Å². The number of carbonyl (C=O) groups is 1. The summed E-state index contributed by atoms with van der Waals surface area (Å²) in [5.74, 6) is 1.35. The van der Waals surface area contributed by atoms with Gasteiger partial charge in [0.2, 0.25) is 5.91 Å². The van der Waals surface area contributed by atoms with E-state index in [0.717, 1.165) is 28.3 Å². The zero-order valence-corrected chi connectivity index (χ0v) is 14.0. The van der Waals surface area contributed by atoms with Crippen molar-refractivity contribution in [2.75, 3.05) is 5.32 Å². The first-order valence-corrected chi connectivity index (χ1v) is 8.08. The number of aryl methyl sites for hydroxylation is 1. The van der Waals surface area contributed by atoms with E-state index in [-0.39, 0.29) is 5.91 Å². The molecule has 0 aliphatic carbocycles. The lowest BCUT2D eigenvalue weighted by molar-refractivity contribution is -0.111. The van der Waals surface area contributed by atoms with Crippen LogP contribution < -0.4 is 10.1 Å². The molecule has 25 heavy (non-hydrogen) atoms. The summed E-state index contributed by atoms with van der Waals surface area (Å²) in [5, 5.41) is 2.83. The van der Waals surface area contributed by atoms with Crippen LogP contribution in [0, 0.1) is 6.92 Å². The summed E-state index contributed by atoms with van der Waals surface area (Å²) < 4.78 is 5.80. The van der Waals surface area contributed by atoms with Crippen molar-refractivity contribution in [2.24, 2.45) is 0 Å².